The van der Waals surface area contributed by atoms with Gasteiger partial charge in [-0.05, 0) is 37.0 Å². The number of nitrogens with zero attached hydrogens (tertiary/aromatic N) is 1. The van der Waals surface area contributed by atoms with E-state index in [-0.39, 0.29) is 17.9 Å². The Hall–Kier alpha value is -1.56. The standard InChI is InChI=1S/C15H19F3N2O/c1-20(14(21)11-4-7-13(19)8-11)9-10-2-5-12(6-3-10)15(16,17)18/h2-3,5-6,11,13H,4,7-9,19H2,1H3. The topological polar surface area (TPSA) is 46.3 Å². The van der Waals surface area contributed by atoms with Crippen LogP contribution in [0.4, 0.5) is 13.2 Å². The lowest BCUT2D eigenvalue weighted by atomic mass is 10.1. The van der Waals surface area contributed by atoms with Crippen molar-refractivity contribution < 1.29 is 18.0 Å². The van der Waals surface area contributed by atoms with E-state index in [2.05, 4.69) is 0 Å². The molecule has 0 saturated heterocycles. The summed E-state index contributed by atoms with van der Waals surface area (Å²) in [7, 11) is 1.67. The van der Waals surface area contributed by atoms with Crippen molar-refractivity contribution in [1.82, 2.24) is 4.90 Å². The lowest BCUT2D eigenvalue weighted by Crippen LogP contribution is -2.32. The van der Waals surface area contributed by atoms with Crippen LogP contribution in [-0.2, 0) is 17.5 Å². The van der Waals surface area contributed by atoms with Gasteiger partial charge in [0, 0.05) is 25.6 Å². The molecule has 1 aliphatic carbocycles. The third-order valence-corrected chi connectivity index (χ3v) is 3.90. The van der Waals surface area contributed by atoms with E-state index in [1.54, 1.807) is 11.9 Å². The predicted octanol–water partition coefficient (Wildman–Crippen LogP) is 2.79. The number of carbonyl (C=O) groups is 1. The zero-order chi connectivity index (χ0) is 15.6. The van der Waals surface area contributed by atoms with Crippen LogP contribution in [0, 0.1) is 5.92 Å². The third kappa shape index (κ3) is 3.97. The van der Waals surface area contributed by atoms with Crippen molar-refractivity contribution in [2.75, 3.05) is 7.05 Å². The molecule has 0 aromatic heterocycles. The van der Waals surface area contributed by atoms with Gasteiger partial charge in [-0.25, -0.2) is 0 Å². The molecule has 1 amide bonds. The summed E-state index contributed by atoms with van der Waals surface area (Å²) in [5, 5.41) is 0. The number of benzene rings is 1. The number of hydrogen-bond donors (Lipinski definition) is 1. The number of hydrogen-bond acceptors (Lipinski definition) is 2. The molecule has 2 rings (SSSR count). The van der Waals surface area contributed by atoms with E-state index in [9.17, 15) is 18.0 Å². The van der Waals surface area contributed by atoms with Gasteiger partial charge in [0.15, 0.2) is 0 Å². The van der Waals surface area contributed by atoms with Crippen LogP contribution in [0.5, 0.6) is 0 Å². The van der Waals surface area contributed by atoms with E-state index in [0.717, 1.165) is 25.0 Å². The first-order valence-corrected chi connectivity index (χ1v) is 6.94. The van der Waals surface area contributed by atoms with Gasteiger partial charge < -0.3 is 10.6 Å². The van der Waals surface area contributed by atoms with Gasteiger partial charge in [0.05, 0.1) is 5.56 Å². The van der Waals surface area contributed by atoms with E-state index < -0.39 is 11.7 Å². The van der Waals surface area contributed by atoms with Crippen molar-refractivity contribution in [3.63, 3.8) is 0 Å². The van der Waals surface area contributed by atoms with Gasteiger partial charge in [-0.2, -0.15) is 13.2 Å². The van der Waals surface area contributed by atoms with Crippen LogP contribution in [0.15, 0.2) is 24.3 Å². The largest absolute Gasteiger partial charge is 0.416 e. The summed E-state index contributed by atoms with van der Waals surface area (Å²) in [5.74, 6) is -0.0395. The Morgan fingerprint density at radius 2 is 1.90 bits per heavy atom. The Labute approximate surface area is 121 Å². The molecular weight excluding hydrogens is 281 g/mol. The smallest absolute Gasteiger partial charge is 0.341 e. The Bertz CT molecular complexity index is 499. The number of amides is 1. The normalized spacial score (nSPS) is 22.3. The maximum Gasteiger partial charge on any atom is 0.416 e. The summed E-state index contributed by atoms with van der Waals surface area (Å²) in [6, 6.07) is 4.98. The third-order valence-electron chi connectivity index (χ3n) is 3.90. The number of nitrogens with two attached hydrogens (primary N) is 1. The van der Waals surface area contributed by atoms with Crippen molar-refractivity contribution in [2.45, 2.75) is 38.0 Å². The molecule has 6 heteroatoms. The Morgan fingerprint density at radius 3 is 2.38 bits per heavy atom. The van der Waals surface area contributed by atoms with Crippen molar-refractivity contribution in [3.8, 4) is 0 Å². The molecule has 0 aliphatic heterocycles. The first kappa shape index (κ1) is 15.8. The van der Waals surface area contributed by atoms with Crippen molar-refractivity contribution >= 4 is 5.91 Å². The molecule has 1 fully saturated rings. The highest BCUT2D eigenvalue weighted by Crippen LogP contribution is 2.29. The van der Waals surface area contributed by atoms with Crippen LogP contribution in [0.3, 0.4) is 0 Å². The highest BCUT2D eigenvalue weighted by Gasteiger charge is 2.31. The molecule has 2 unspecified atom stereocenters. The molecule has 1 aromatic rings. The fourth-order valence-electron chi connectivity index (χ4n) is 2.70. The Morgan fingerprint density at radius 1 is 1.29 bits per heavy atom. The zero-order valence-electron chi connectivity index (χ0n) is 11.9. The summed E-state index contributed by atoms with van der Waals surface area (Å²) in [6.45, 7) is 0.308. The van der Waals surface area contributed by atoms with Crippen molar-refractivity contribution in [2.24, 2.45) is 11.7 Å². The molecule has 3 nitrogen and oxygen atoms in total. The van der Waals surface area contributed by atoms with Crippen LogP contribution in [0.1, 0.15) is 30.4 Å². The number of carbonyl (C=O) groups excluding carboxylic acids is 1. The molecule has 1 aliphatic rings. The van der Waals surface area contributed by atoms with E-state index in [1.807, 2.05) is 0 Å². The molecule has 2 N–H and O–H groups in total. The van der Waals surface area contributed by atoms with Crippen LogP contribution in [0.2, 0.25) is 0 Å². The minimum atomic E-state index is -4.33. The maximum absolute atomic E-state index is 12.5. The van der Waals surface area contributed by atoms with E-state index in [1.165, 1.54) is 12.1 Å². The summed E-state index contributed by atoms with van der Waals surface area (Å²) in [6.07, 6.45) is -2.00. The first-order valence-electron chi connectivity index (χ1n) is 6.94. The van der Waals surface area contributed by atoms with Gasteiger partial charge in [-0.1, -0.05) is 12.1 Å². The van der Waals surface area contributed by atoms with E-state index in [4.69, 9.17) is 5.73 Å². The molecule has 0 bridgehead atoms. The zero-order valence-corrected chi connectivity index (χ0v) is 11.9. The average molecular weight is 300 g/mol. The van der Waals surface area contributed by atoms with Gasteiger partial charge in [0.25, 0.3) is 0 Å². The lowest BCUT2D eigenvalue weighted by Gasteiger charge is -2.21. The van der Waals surface area contributed by atoms with Crippen LogP contribution in [-0.4, -0.2) is 23.9 Å². The van der Waals surface area contributed by atoms with Crippen LogP contribution in [0.25, 0.3) is 0 Å². The molecular formula is C15H19F3N2O. The summed E-state index contributed by atoms with van der Waals surface area (Å²) >= 11 is 0. The minimum Gasteiger partial charge on any atom is -0.341 e. The second-order valence-electron chi connectivity index (χ2n) is 5.66. The fourth-order valence-corrected chi connectivity index (χ4v) is 2.70. The summed E-state index contributed by atoms with van der Waals surface area (Å²) in [4.78, 5) is 13.8. The number of alkyl halides is 3. The molecule has 1 aromatic carbocycles. The quantitative estimate of drug-likeness (QED) is 0.933. The van der Waals surface area contributed by atoms with Gasteiger partial charge >= 0.3 is 6.18 Å². The Kier molecular flexibility index (Phi) is 4.56. The molecule has 1 saturated carbocycles. The van der Waals surface area contributed by atoms with E-state index in [0.29, 0.717) is 18.5 Å². The second-order valence-corrected chi connectivity index (χ2v) is 5.66. The molecule has 0 radical (unpaired) electrons. The lowest BCUT2D eigenvalue weighted by molar-refractivity contribution is -0.138. The molecule has 116 valence electrons. The minimum absolute atomic E-state index is 0.0165. The maximum atomic E-state index is 12.5. The number of halogens is 3. The van der Waals surface area contributed by atoms with Crippen LogP contribution >= 0.6 is 0 Å². The fraction of sp³-hybridized carbons (Fsp3) is 0.533. The van der Waals surface area contributed by atoms with Gasteiger partial charge in [0.2, 0.25) is 5.91 Å². The van der Waals surface area contributed by atoms with Crippen molar-refractivity contribution in [3.05, 3.63) is 35.4 Å². The van der Waals surface area contributed by atoms with Gasteiger partial charge in [-0.3, -0.25) is 4.79 Å². The predicted molar refractivity (Wildman–Crippen MR) is 73.2 cm³/mol. The van der Waals surface area contributed by atoms with Crippen molar-refractivity contribution in [1.29, 1.82) is 0 Å². The summed E-state index contributed by atoms with van der Waals surface area (Å²) in [5.41, 5.74) is 5.80. The highest BCUT2D eigenvalue weighted by molar-refractivity contribution is 5.79. The number of rotatable bonds is 3. The Balaban J connectivity index is 1.96. The van der Waals surface area contributed by atoms with Gasteiger partial charge in [-0.15, -0.1) is 0 Å². The highest BCUT2D eigenvalue weighted by atomic mass is 19.4. The average Bonchev–Trinajstić information content (AvgIpc) is 2.84. The monoisotopic (exact) mass is 300 g/mol. The SMILES string of the molecule is CN(Cc1ccc(C(F)(F)F)cc1)C(=O)C1CCC(N)C1. The second kappa shape index (κ2) is 6.05. The molecule has 2 atom stereocenters. The molecule has 21 heavy (non-hydrogen) atoms. The van der Waals surface area contributed by atoms with Gasteiger partial charge in [0.1, 0.15) is 0 Å². The summed E-state index contributed by atoms with van der Waals surface area (Å²) < 4.78 is 37.4. The van der Waals surface area contributed by atoms with E-state index >= 15 is 0 Å². The first-order chi connectivity index (χ1) is 9.77. The molecule has 0 heterocycles. The molecule has 0 spiro atoms. The van der Waals surface area contributed by atoms with Crippen LogP contribution < -0.4 is 5.73 Å².